The van der Waals surface area contributed by atoms with E-state index in [1.807, 2.05) is 49.6 Å². The number of hydrogen-bond acceptors (Lipinski definition) is 9. The topological polar surface area (TPSA) is 132 Å². The smallest absolute Gasteiger partial charge is 0.341 e. The van der Waals surface area contributed by atoms with E-state index in [4.69, 9.17) is 14.2 Å². The highest BCUT2D eigenvalue weighted by atomic mass is 32.2. The molecular weight excluding hydrogens is 723 g/mol. The molecule has 0 radical (unpaired) electrons. The first-order valence-corrected chi connectivity index (χ1v) is 18.9. The molecule has 5 aromatic rings. The average Bonchev–Trinajstić information content (AvgIpc) is 3.60. The molecular formula is C42H41N3O7S2. The SMILES string of the molecule is CCOC(=O)c1c(-c2ccc(C)cc2)csc1NC(=O)C(CC)Sc1cccc(NC(=O)/C(=C\c2cccc(OC)c2OC)NC(=O)c2ccccc2)c1. The number of aryl methyl sites for hydroxylation is 1. The monoisotopic (exact) mass is 763 g/mol. The van der Waals surface area contributed by atoms with E-state index in [0.717, 1.165) is 16.0 Å². The van der Waals surface area contributed by atoms with Gasteiger partial charge < -0.3 is 30.2 Å². The van der Waals surface area contributed by atoms with Gasteiger partial charge in [0.05, 0.1) is 26.1 Å². The first kappa shape index (κ1) is 39.4. The standard InChI is InChI=1S/C42H41N3O7S2/c1-6-35(40(48)45-41-36(42(49)52-7-2)32(25-53-41)27-21-19-26(3)20-22-27)54-31-17-12-16-30(24-31)43-39(47)33(44-38(46)28-13-9-8-10-14-28)23-29-15-11-18-34(50-4)37(29)51-5/h8-25,35H,6-7H2,1-5H3,(H,43,47)(H,44,46)(H,45,48)/b33-23+. The Balaban J connectivity index is 1.36. The lowest BCUT2D eigenvalue weighted by atomic mass is 10.0. The van der Waals surface area contributed by atoms with Gasteiger partial charge in [-0.3, -0.25) is 14.4 Å². The van der Waals surface area contributed by atoms with E-state index in [2.05, 4.69) is 16.0 Å². The molecule has 3 N–H and O–H groups in total. The van der Waals surface area contributed by atoms with E-state index in [9.17, 15) is 19.2 Å². The Hall–Kier alpha value is -5.85. The first-order valence-electron chi connectivity index (χ1n) is 17.2. The Labute approximate surface area is 322 Å². The van der Waals surface area contributed by atoms with Crippen molar-refractivity contribution in [3.63, 3.8) is 0 Å². The number of thiophene rings is 1. The van der Waals surface area contributed by atoms with Crippen LogP contribution in [0.25, 0.3) is 17.2 Å². The van der Waals surface area contributed by atoms with E-state index in [-0.39, 0.29) is 18.2 Å². The van der Waals surface area contributed by atoms with Gasteiger partial charge in [0.2, 0.25) is 5.91 Å². The fourth-order valence-corrected chi connectivity index (χ4v) is 7.42. The molecule has 54 heavy (non-hydrogen) atoms. The summed E-state index contributed by atoms with van der Waals surface area (Å²) in [5, 5.41) is 10.3. The van der Waals surface area contributed by atoms with Crippen molar-refractivity contribution in [1.82, 2.24) is 5.32 Å². The van der Waals surface area contributed by atoms with E-state index in [1.165, 1.54) is 43.4 Å². The van der Waals surface area contributed by atoms with Crippen LogP contribution in [0, 0.1) is 6.92 Å². The molecule has 1 atom stereocenters. The largest absolute Gasteiger partial charge is 0.493 e. The van der Waals surface area contributed by atoms with Crippen LogP contribution in [0.5, 0.6) is 11.5 Å². The van der Waals surface area contributed by atoms with Crippen molar-refractivity contribution >= 4 is 63.6 Å². The van der Waals surface area contributed by atoms with Crippen molar-refractivity contribution in [2.24, 2.45) is 0 Å². The minimum atomic E-state index is -0.579. The van der Waals surface area contributed by atoms with E-state index < -0.39 is 23.0 Å². The zero-order valence-electron chi connectivity index (χ0n) is 30.6. The molecule has 10 nitrogen and oxygen atoms in total. The van der Waals surface area contributed by atoms with Crippen LogP contribution < -0.4 is 25.4 Å². The van der Waals surface area contributed by atoms with Crippen LogP contribution >= 0.6 is 23.1 Å². The van der Waals surface area contributed by atoms with Gasteiger partial charge in [0.1, 0.15) is 16.3 Å². The predicted molar refractivity (Wildman–Crippen MR) is 216 cm³/mol. The molecule has 0 aliphatic heterocycles. The van der Waals surface area contributed by atoms with Crippen LogP contribution in [0.15, 0.2) is 113 Å². The number of carbonyl (C=O) groups excluding carboxylic acids is 4. The predicted octanol–water partition coefficient (Wildman–Crippen LogP) is 8.84. The number of esters is 1. The second kappa shape index (κ2) is 18.8. The van der Waals surface area contributed by atoms with Crippen LogP contribution in [-0.4, -0.2) is 49.8 Å². The zero-order chi connectivity index (χ0) is 38.6. The lowest BCUT2D eigenvalue weighted by molar-refractivity contribution is -0.116. The molecule has 1 aromatic heterocycles. The van der Waals surface area contributed by atoms with Crippen LogP contribution in [0.3, 0.4) is 0 Å². The minimum Gasteiger partial charge on any atom is -0.493 e. The van der Waals surface area contributed by atoms with E-state index >= 15 is 0 Å². The summed E-state index contributed by atoms with van der Waals surface area (Å²) >= 11 is 2.60. The van der Waals surface area contributed by atoms with Gasteiger partial charge in [0.15, 0.2) is 11.5 Å². The first-order chi connectivity index (χ1) is 26.1. The van der Waals surface area contributed by atoms with Crippen molar-refractivity contribution in [2.75, 3.05) is 31.5 Å². The average molecular weight is 764 g/mol. The van der Waals surface area contributed by atoms with Crippen molar-refractivity contribution in [1.29, 1.82) is 0 Å². The fraction of sp³-hybridized carbons (Fsp3) is 0.190. The molecule has 1 unspecified atom stereocenters. The number of nitrogens with one attached hydrogen (secondary N) is 3. The van der Waals surface area contributed by atoms with Gasteiger partial charge in [-0.15, -0.1) is 23.1 Å². The molecule has 12 heteroatoms. The van der Waals surface area contributed by atoms with Crippen LogP contribution in [0.2, 0.25) is 0 Å². The van der Waals surface area contributed by atoms with Crippen LogP contribution in [0.1, 0.15) is 52.1 Å². The van der Waals surface area contributed by atoms with E-state index in [1.54, 1.807) is 73.7 Å². The summed E-state index contributed by atoms with van der Waals surface area (Å²) in [4.78, 5) is 54.6. The Morgan fingerprint density at radius 3 is 2.28 bits per heavy atom. The van der Waals surface area contributed by atoms with Crippen LogP contribution in [-0.2, 0) is 14.3 Å². The molecule has 0 aliphatic rings. The number of hydrogen-bond donors (Lipinski definition) is 3. The number of carbonyl (C=O) groups is 4. The number of methoxy groups -OCH3 is 2. The van der Waals surface area contributed by atoms with Gasteiger partial charge in [-0.25, -0.2) is 4.79 Å². The third kappa shape index (κ3) is 9.77. The van der Waals surface area contributed by atoms with E-state index in [0.29, 0.717) is 50.9 Å². The Morgan fingerprint density at radius 1 is 0.852 bits per heavy atom. The summed E-state index contributed by atoms with van der Waals surface area (Å²) in [6.45, 7) is 5.83. The summed E-state index contributed by atoms with van der Waals surface area (Å²) < 4.78 is 16.4. The maximum absolute atomic E-state index is 13.8. The second-order valence-corrected chi connectivity index (χ2v) is 14.0. The molecule has 0 fully saturated rings. The number of thioether (sulfide) groups is 1. The van der Waals surface area contributed by atoms with Gasteiger partial charge >= 0.3 is 5.97 Å². The summed E-state index contributed by atoms with van der Waals surface area (Å²) in [6, 6.07) is 28.7. The van der Waals surface area contributed by atoms with Crippen LogP contribution in [0.4, 0.5) is 10.7 Å². The molecule has 4 aromatic carbocycles. The molecule has 3 amide bonds. The maximum Gasteiger partial charge on any atom is 0.341 e. The Morgan fingerprint density at radius 2 is 1.59 bits per heavy atom. The number of para-hydroxylation sites is 1. The third-order valence-corrected chi connectivity index (χ3v) is 10.4. The Kier molecular flexibility index (Phi) is 13.7. The van der Waals surface area contributed by atoms with Crippen molar-refractivity contribution in [3.05, 3.63) is 130 Å². The van der Waals surface area contributed by atoms with Crippen molar-refractivity contribution in [2.45, 2.75) is 37.3 Å². The number of amides is 3. The molecule has 0 aliphatic carbocycles. The molecule has 0 saturated carbocycles. The van der Waals surface area contributed by atoms with Crippen molar-refractivity contribution < 1.29 is 33.4 Å². The lowest BCUT2D eigenvalue weighted by Crippen LogP contribution is -2.30. The number of anilines is 2. The lowest BCUT2D eigenvalue weighted by Gasteiger charge is -2.16. The number of rotatable bonds is 15. The molecule has 0 bridgehead atoms. The fourth-order valence-electron chi connectivity index (χ4n) is 5.45. The quantitative estimate of drug-likeness (QED) is 0.0548. The summed E-state index contributed by atoms with van der Waals surface area (Å²) in [5.74, 6) is -0.979. The molecule has 278 valence electrons. The second-order valence-electron chi connectivity index (χ2n) is 11.9. The van der Waals surface area contributed by atoms with Crippen molar-refractivity contribution in [3.8, 4) is 22.6 Å². The zero-order valence-corrected chi connectivity index (χ0v) is 32.2. The number of benzene rings is 4. The highest BCUT2D eigenvalue weighted by molar-refractivity contribution is 8.00. The third-order valence-electron chi connectivity index (χ3n) is 8.17. The van der Waals surface area contributed by atoms with Gasteiger partial charge in [-0.05, 0) is 68.3 Å². The normalized spacial score (nSPS) is 11.6. The van der Waals surface area contributed by atoms with Gasteiger partial charge in [-0.1, -0.05) is 73.2 Å². The highest BCUT2D eigenvalue weighted by Gasteiger charge is 2.26. The van der Waals surface area contributed by atoms with Gasteiger partial charge in [0, 0.05) is 32.7 Å². The van der Waals surface area contributed by atoms with Gasteiger partial charge in [-0.2, -0.15) is 0 Å². The summed E-state index contributed by atoms with van der Waals surface area (Å²) in [6.07, 6.45) is 2.01. The molecule has 1 heterocycles. The molecule has 0 saturated heterocycles. The highest BCUT2D eigenvalue weighted by Crippen LogP contribution is 2.38. The minimum absolute atomic E-state index is 0.0300. The summed E-state index contributed by atoms with van der Waals surface area (Å²) in [7, 11) is 3.01. The maximum atomic E-state index is 13.8. The summed E-state index contributed by atoms with van der Waals surface area (Å²) in [5.41, 5.74) is 4.25. The van der Waals surface area contributed by atoms with Gasteiger partial charge in [0.25, 0.3) is 11.8 Å². The molecule has 0 spiro atoms. The molecule has 5 rings (SSSR count). The number of ether oxygens (including phenoxy) is 3. The Bertz CT molecular complexity index is 2150.